The van der Waals surface area contributed by atoms with E-state index in [4.69, 9.17) is 14.2 Å². The molecule has 0 aromatic rings. The third-order valence-electron chi connectivity index (χ3n) is 2.83. The highest BCUT2D eigenvalue weighted by atomic mass is 16.7. The summed E-state index contributed by atoms with van der Waals surface area (Å²) in [6.45, 7) is 9.92. The van der Waals surface area contributed by atoms with E-state index in [9.17, 15) is 0 Å². The van der Waals surface area contributed by atoms with E-state index in [2.05, 4.69) is 12.2 Å². The average molecular weight is 231 g/mol. The third kappa shape index (κ3) is 4.78. The summed E-state index contributed by atoms with van der Waals surface area (Å²) in [6, 6.07) is 0. The lowest BCUT2D eigenvalue weighted by Gasteiger charge is -2.35. The van der Waals surface area contributed by atoms with Crippen LogP contribution in [-0.2, 0) is 14.2 Å². The van der Waals surface area contributed by atoms with E-state index in [-0.39, 0.29) is 11.9 Å². The van der Waals surface area contributed by atoms with Crippen molar-refractivity contribution in [3.05, 3.63) is 0 Å². The van der Waals surface area contributed by atoms with Gasteiger partial charge in [0, 0.05) is 19.8 Å². The van der Waals surface area contributed by atoms with Crippen molar-refractivity contribution < 1.29 is 14.2 Å². The van der Waals surface area contributed by atoms with Crippen molar-refractivity contribution in [2.45, 2.75) is 45.5 Å². The van der Waals surface area contributed by atoms with Gasteiger partial charge in [-0.05, 0) is 40.2 Å². The number of nitrogens with one attached hydrogen (secondary N) is 1. The fourth-order valence-electron chi connectivity index (χ4n) is 1.94. The smallest absolute Gasteiger partial charge is 0.180 e. The SMILES string of the molecule is CCOC(COC1(C)CCCNC1)OCC. The summed E-state index contributed by atoms with van der Waals surface area (Å²) in [6.07, 6.45) is 2.05. The monoisotopic (exact) mass is 231 g/mol. The summed E-state index contributed by atoms with van der Waals surface area (Å²) in [5.41, 5.74) is -0.0648. The summed E-state index contributed by atoms with van der Waals surface area (Å²) in [5, 5.41) is 3.36. The first-order valence-corrected chi connectivity index (χ1v) is 6.28. The molecule has 1 heterocycles. The van der Waals surface area contributed by atoms with Gasteiger partial charge in [0.25, 0.3) is 0 Å². The van der Waals surface area contributed by atoms with E-state index < -0.39 is 0 Å². The lowest BCUT2D eigenvalue weighted by atomic mass is 9.96. The van der Waals surface area contributed by atoms with Gasteiger partial charge in [-0.25, -0.2) is 0 Å². The molecule has 96 valence electrons. The van der Waals surface area contributed by atoms with Crippen molar-refractivity contribution in [2.75, 3.05) is 32.9 Å². The van der Waals surface area contributed by atoms with E-state index in [1.54, 1.807) is 0 Å². The van der Waals surface area contributed by atoms with Gasteiger partial charge in [-0.3, -0.25) is 0 Å². The second kappa shape index (κ2) is 7.22. The zero-order chi connectivity index (χ0) is 11.9. The second-order valence-electron chi connectivity index (χ2n) is 4.38. The Morgan fingerprint density at radius 2 is 1.94 bits per heavy atom. The van der Waals surface area contributed by atoms with Gasteiger partial charge in [0.05, 0.1) is 12.2 Å². The molecule has 4 heteroatoms. The minimum atomic E-state index is -0.228. The number of hydrogen-bond acceptors (Lipinski definition) is 4. The van der Waals surface area contributed by atoms with Crippen LogP contribution in [0.3, 0.4) is 0 Å². The number of rotatable bonds is 7. The lowest BCUT2D eigenvalue weighted by molar-refractivity contribution is -0.192. The molecule has 1 aliphatic heterocycles. The molecule has 16 heavy (non-hydrogen) atoms. The molecule has 0 bridgehead atoms. The first kappa shape index (κ1) is 13.9. The number of ether oxygens (including phenoxy) is 3. The summed E-state index contributed by atoms with van der Waals surface area (Å²) in [4.78, 5) is 0. The normalized spacial score (nSPS) is 26.2. The van der Waals surface area contributed by atoms with E-state index in [0.717, 1.165) is 19.5 Å². The highest BCUT2D eigenvalue weighted by Gasteiger charge is 2.28. The van der Waals surface area contributed by atoms with Crippen molar-refractivity contribution in [3.63, 3.8) is 0 Å². The van der Waals surface area contributed by atoms with Crippen LogP contribution in [0.15, 0.2) is 0 Å². The van der Waals surface area contributed by atoms with Gasteiger partial charge in [-0.15, -0.1) is 0 Å². The summed E-state index contributed by atoms with van der Waals surface area (Å²) < 4.78 is 16.8. The molecule has 0 aliphatic carbocycles. The van der Waals surface area contributed by atoms with E-state index in [1.165, 1.54) is 6.42 Å². The lowest BCUT2D eigenvalue weighted by Crippen LogP contribution is -2.46. The van der Waals surface area contributed by atoms with Crippen molar-refractivity contribution in [2.24, 2.45) is 0 Å². The van der Waals surface area contributed by atoms with Gasteiger partial charge in [0.1, 0.15) is 0 Å². The Labute approximate surface area is 98.6 Å². The molecular formula is C12H25NO3. The summed E-state index contributed by atoms with van der Waals surface area (Å²) in [5.74, 6) is 0. The zero-order valence-electron chi connectivity index (χ0n) is 10.8. The van der Waals surface area contributed by atoms with Crippen LogP contribution in [-0.4, -0.2) is 44.8 Å². The minimum absolute atomic E-state index is 0.0648. The molecule has 1 fully saturated rings. The second-order valence-corrected chi connectivity index (χ2v) is 4.38. The highest BCUT2D eigenvalue weighted by molar-refractivity contribution is 4.82. The molecule has 0 saturated carbocycles. The molecule has 1 rings (SSSR count). The average Bonchev–Trinajstić information content (AvgIpc) is 2.28. The van der Waals surface area contributed by atoms with Crippen molar-refractivity contribution in [3.8, 4) is 0 Å². The molecule has 4 nitrogen and oxygen atoms in total. The predicted molar refractivity (Wildman–Crippen MR) is 63.5 cm³/mol. The summed E-state index contributed by atoms with van der Waals surface area (Å²) in [7, 11) is 0. The fourth-order valence-corrected chi connectivity index (χ4v) is 1.94. The maximum Gasteiger partial charge on any atom is 0.180 e. The van der Waals surface area contributed by atoms with Gasteiger partial charge in [0.2, 0.25) is 0 Å². The Bertz CT molecular complexity index is 175. The van der Waals surface area contributed by atoms with Crippen molar-refractivity contribution in [1.29, 1.82) is 0 Å². The number of piperidine rings is 1. The summed E-state index contributed by atoms with van der Waals surface area (Å²) >= 11 is 0. The Morgan fingerprint density at radius 3 is 2.44 bits per heavy atom. The molecule has 0 aromatic carbocycles. The Balaban J connectivity index is 2.28. The maximum absolute atomic E-state index is 5.93. The van der Waals surface area contributed by atoms with Crippen LogP contribution in [0.25, 0.3) is 0 Å². The topological polar surface area (TPSA) is 39.7 Å². The molecular weight excluding hydrogens is 206 g/mol. The molecule has 1 saturated heterocycles. The molecule has 0 radical (unpaired) electrons. The van der Waals surface area contributed by atoms with Crippen molar-refractivity contribution >= 4 is 0 Å². The van der Waals surface area contributed by atoms with E-state index in [1.807, 2.05) is 13.8 Å². The van der Waals surface area contributed by atoms with Crippen LogP contribution >= 0.6 is 0 Å². The first-order chi connectivity index (χ1) is 7.70. The van der Waals surface area contributed by atoms with Crippen LogP contribution in [0, 0.1) is 0 Å². The predicted octanol–water partition coefficient (Wildman–Crippen LogP) is 1.54. The van der Waals surface area contributed by atoms with Crippen LogP contribution in [0.1, 0.15) is 33.6 Å². The van der Waals surface area contributed by atoms with E-state index in [0.29, 0.717) is 19.8 Å². The Kier molecular flexibility index (Phi) is 6.28. The molecule has 0 aromatic heterocycles. The number of hydrogen-bond donors (Lipinski definition) is 1. The zero-order valence-corrected chi connectivity index (χ0v) is 10.8. The van der Waals surface area contributed by atoms with Gasteiger partial charge in [-0.1, -0.05) is 0 Å². The van der Waals surface area contributed by atoms with Crippen LogP contribution < -0.4 is 5.32 Å². The van der Waals surface area contributed by atoms with Gasteiger partial charge < -0.3 is 19.5 Å². The maximum atomic E-state index is 5.93. The van der Waals surface area contributed by atoms with Gasteiger partial charge in [-0.2, -0.15) is 0 Å². The van der Waals surface area contributed by atoms with Crippen LogP contribution in [0.4, 0.5) is 0 Å². The van der Waals surface area contributed by atoms with Crippen LogP contribution in [0.5, 0.6) is 0 Å². The molecule has 1 atom stereocenters. The molecule has 1 N–H and O–H groups in total. The molecule has 1 aliphatic rings. The third-order valence-corrected chi connectivity index (χ3v) is 2.83. The fraction of sp³-hybridized carbons (Fsp3) is 1.00. The van der Waals surface area contributed by atoms with Gasteiger partial charge >= 0.3 is 0 Å². The molecule has 1 unspecified atom stereocenters. The standard InChI is InChI=1S/C12H25NO3/c1-4-14-11(15-5-2)9-16-12(3)7-6-8-13-10-12/h11,13H,4-10H2,1-3H3. The van der Waals surface area contributed by atoms with Crippen LogP contribution in [0.2, 0.25) is 0 Å². The van der Waals surface area contributed by atoms with Gasteiger partial charge in [0.15, 0.2) is 6.29 Å². The Hall–Kier alpha value is -0.160. The largest absolute Gasteiger partial charge is 0.369 e. The highest BCUT2D eigenvalue weighted by Crippen LogP contribution is 2.20. The molecule has 0 amide bonds. The minimum Gasteiger partial charge on any atom is -0.369 e. The van der Waals surface area contributed by atoms with E-state index >= 15 is 0 Å². The quantitative estimate of drug-likeness (QED) is 0.675. The first-order valence-electron chi connectivity index (χ1n) is 6.28. The molecule has 0 spiro atoms. The van der Waals surface area contributed by atoms with Crippen molar-refractivity contribution in [1.82, 2.24) is 5.32 Å². The Morgan fingerprint density at radius 1 is 1.25 bits per heavy atom.